The molecule has 6 heteroatoms. The number of hydrogen-bond donors (Lipinski definition) is 0. The van der Waals surface area contributed by atoms with Crippen LogP contribution in [0.3, 0.4) is 0 Å². The van der Waals surface area contributed by atoms with Gasteiger partial charge in [-0.3, -0.25) is 0 Å². The van der Waals surface area contributed by atoms with E-state index in [4.69, 9.17) is 0 Å². The third-order valence-corrected chi connectivity index (χ3v) is 3.55. The lowest BCUT2D eigenvalue weighted by atomic mass is 10.2. The Morgan fingerprint density at radius 3 is 2.57 bits per heavy atom. The van der Waals surface area contributed by atoms with E-state index in [1.165, 1.54) is 0 Å². The Balaban J connectivity index is 3.01. The van der Waals surface area contributed by atoms with E-state index in [-0.39, 0.29) is 5.75 Å². The summed E-state index contributed by atoms with van der Waals surface area (Å²) in [6.07, 6.45) is 1.03. The largest absolute Gasteiger partial charge is 0.267 e. The van der Waals surface area contributed by atoms with Gasteiger partial charge in [-0.1, -0.05) is 22.6 Å². The maximum absolute atomic E-state index is 11.1. The van der Waals surface area contributed by atoms with Gasteiger partial charge in [-0.05, 0) is 34.2 Å². The summed E-state index contributed by atoms with van der Waals surface area (Å²) in [6, 6.07) is 7.01. The first-order valence-corrected chi connectivity index (χ1v) is 6.29. The molecule has 0 aromatic heterocycles. The molecule has 0 aliphatic rings. The SMILES string of the molecule is O=C=NS(=O)(=O)Cc1ccccc1I. The fraction of sp³-hybridized carbons (Fsp3) is 0.125. The number of rotatable bonds is 3. The molecule has 1 aromatic rings. The van der Waals surface area contributed by atoms with Gasteiger partial charge in [-0.15, -0.1) is 0 Å². The second-order valence-electron chi connectivity index (χ2n) is 2.50. The maximum atomic E-state index is 11.1. The van der Waals surface area contributed by atoms with Crippen LogP contribution in [0, 0.1) is 3.57 Å². The maximum Gasteiger partial charge on any atom is 0.267 e. The molecule has 0 spiro atoms. The van der Waals surface area contributed by atoms with Crippen LogP contribution in [0.2, 0.25) is 0 Å². The van der Waals surface area contributed by atoms with E-state index in [9.17, 15) is 13.2 Å². The third kappa shape index (κ3) is 3.21. The molecule has 74 valence electrons. The highest BCUT2D eigenvalue weighted by molar-refractivity contribution is 14.1. The van der Waals surface area contributed by atoms with Crippen molar-refractivity contribution in [3.05, 3.63) is 33.4 Å². The molecule has 0 N–H and O–H groups in total. The number of benzene rings is 1. The van der Waals surface area contributed by atoms with Crippen molar-refractivity contribution in [2.75, 3.05) is 0 Å². The molecule has 0 atom stereocenters. The highest BCUT2D eigenvalue weighted by Crippen LogP contribution is 2.14. The van der Waals surface area contributed by atoms with Crippen LogP contribution in [0.25, 0.3) is 0 Å². The molecule has 0 unspecified atom stereocenters. The number of halogens is 1. The highest BCUT2D eigenvalue weighted by atomic mass is 127. The fourth-order valence-corrected chi connectivity index (χ4v) is 2.56. The van der Waals surface area contributed by atoms with Crippen LogP contribution in [0.1, 0.15) is 5.56 Å². The van der Waals surface area contributed by atoms with Crippen molar-refractivity contribution in [3.63, 3.8) is 0 Å². The molecule has 0 amide bonds. The lowest BCUT2D eigenvalue weighted by Gasteiger charge is -2.00. The molecule has 14 heavy (non-hydrogen) atoms. The van der Waals surface area contributed by atoms with Gasteiger partial charge in [0, 0.05) is 3.57 Å². The first kappa shape index (κ1) is 11.4. The molecule has 1 aromatic carbocycles. The summed E-state index contributed by atoms with van der Waals surface area (Å²) < 4.78 is 25.8. The van der Waals surface area contributed by atoms with E-state index in [0.717, 1.165) is 9.65 Å². The summed E-state index contributed by atoms with van der Waals surface area (Å²) in [5.41, 5.74) is 0.632. The minimum atomic E-state index is -3.71. The molecule has 0 heterocycles. The monoisotopic (exact) mass is 323 g/mol. The van der Waals surface area contributed by atoms with Crippen LogP contribution >= 0.6 is 22.6 Å². The molecule has 4 nitrogen and oxygen atoms in total. The van der Waals surface area contributed by atoms with E-state index in [2.05, 4.69) is 4.40 Å². The summed E-state index contributed by atoms with van der Waals surface area (Å²) in [5, 5.41) is 0. The Labute approximate surface area is 95.2 Å². The summed E-state index contributed by atoms with van der Waals surface area (Å²) in [7, 11) is -3.71. The Kier molecular flexibility index (Phi) is 3.79. The van der Waals surface area contributed by atoms with Crippen LogP contribution in [0.4, 0.5) is 0 Å². The predicted molar refractivity (Wildman–Crippen MR) is 59.9 cm³/mol. The van der Waals surface area contributed by atoms with E-state index in [0.29, 0.717) is 5.56 Å². The molecule has 0 aliphatic heterocycles. The lowest BCUT2D eigenvalue weighted by Crippen LogP contribution is -2.01. The topological polar surface area (TPSA) is 63.6 Å². The minimum Gasteiger partial charge on any atom is -0.210 e. The molecular weight excluding hydrogens is 317 g/mol. The average Bonchev–Trinajstić information content (AvgIpc) is 2.08. The quantitative estimate of drug-likeness (QED) is 0.481. The first-order chi connectivity index (χ1) is 6.55. The highest BCUT2D eigenvalue weighted by Gasteiger charge is 2.11. The summed E-state index contributed by atoms with van der Waals surface area (Å²) in [4.78, 5) is 9.82. The zero-order valence-electron chi connectivity index (χ0n) is 6.97. The van der Waals surface area contributed by atoms with E-state index >= 15 is 0 Å². The second kappa shape index (κ2) is 4.68. The van der Waals surface area contributed by atoms with Gasteiger partial charge in [0.25, 0.3) is 16.1 Å². The van der Waals surface area contributed by atoms with Gasteiger partial charge >= 0.3 is 0 Å². The standard InChI is InChI=1S/C8H6INO3S/c9-8-4-2-1-3-7(8)5-14(12,13)10-6-11/h1-4H,5H2. The molecule has 0 fully saturated rings. The normalized spacial score (nSPS) is 10.6. The predicted octanol–water partition coefficient (Wildman–Crippen LogP) is 1.46. The summed E-state index contributed by atoms with van der Waals surface area (Å²) in [5.74, 6) is -0.263. The Morgan fingerprint density at radius 2 is 2.00 bits per heavy atom. The minimum absolute atomic E-state index is 0.263. The number of carbonyl (C=O) groups excluding carboxylic acids is 1. The number of sulfonamides is 1. The first-order valence-electron chi connectivity index (χ1n) is 3.60. The van der Waals surface area contributed by atoms with E-state index < -0.39 is 10.0 Å². The zero-order valence-corrected chi connectivity index (χ0v) is 9.95. The summed E-state index contributed by atoms with van der Waals surface area (Å²) >= 11 is 2.02. The average molecular weight is 323 g/mol. The molecule has 0 saturated carbocycles. The third-order valence-electron chi connectivity index (χ3n) is 1.47. The van der Waals surface area contributed by atoms with Gasteiger partial charge in [0.05, 0.1) is 5.75 Å². The number of nitrogens with zero attached hydrogens (tertiary/aromatic N) is 1. The lowest BCUT2D eigenvalue weighted by molar-refractivity contribution is 0.563. The van der Waals surface area contributed by atoms with Gasteiger partial charge in [0.1, 0.15) is 0 Å². The van der Waals surface area contributed by atoms with Crippen molar-refractivity contribution >= 4 is 38.7 Å². The van der Waals surface area contributed by atoms with Crippen molar-refractivity contribution < 1.29 is 13.2 Å². The van der Waals surface area contributed by atoms with Crippen molar-refractivity contribution in [3.8, 4) is 0 Å². The number of hydrogen-bond acceptors (Lipinski definition) is 3. The molecule has 0 saturated heterocycles. The van der Waals surface area contributed by atoms with Crippen LogP contribution in [0.5, 0.6) is 0 Å². The van der Waals surface area contributed by atoms with Gasteiger partial charge in [0.15, 0.2) is 0 Å². The van der Waals surface area contributed by atoms with Crippen LogP contribution in [-0.2, 0) is 20.6 Å². The fourth-order valence-electron chi connectivity index (χ4n) is 0.901. The van der Waals surface area contributed by atoms with E-state index in [1.807, 2.05) is 22.6 Å². The molecule has 0 aliphatic carbocycles. The van der Waals surface area contributed by atoms with Gasteiger partial charge in [0.2, 0.25) is 0 Å². The Bertz CT molecular complexity index is 477. The second-order valence-corrected chi connectivity index (χ2v) is 5.30. The number of isocyanates is 1. The molecule has 0 radical (unpaired) electrons. The van der Waals surface area contributed by atoms with Crippen molar-refractivity contribution in [1.82, 2.24) is 0 Å². The van der Waals surface area contributed by atoms with E-state index in [1.54, 1.807) is 24.3 Å². The van der Waals surface area contributed by atoms with Gasteiger partial charge < -0.3 is 0 Å². The van der Waals surface area contributed by atoms with Crippen molar-refractivity contribution in [2.45, 2.75) is 5.75 Å². The summed E-state index contributed by atoms with van der Waals surface area (Å²) in [6.45, 7) is 0. The Hall–Kier alpha value is -0.720. The van der Waals surface area contributed by atoms with Crippen LogP contribution in [-0.4, -0.2) is 14.5 Å². The smallest absolute Gasteiger partial charge is 0.210 e. The molecule has 0 bridgehead atoms. The van der Waals surface area contributed by atoms with Crippen LogP contribution < -0.4 is 0 Å². The van der Waals surface area contributed by atoms with Crippen molar-refractivity contribution in [1.29, 1.82) is 0 Å². The van der Waals surface area contributed by atoms with Gasteiger partial charge in [-0.25, -0.2) is 13.2 Å². The van der Waals surface area contributed by atoms with Crippen LogP contribution in [0.15, 0.2) is 28.7 Å². The molecular formula is C8H6INO3S. The Morgan fingerprint density at radius 1 is 1.36 bits per heavy atom. The van der Waals surface area contributed by atoms with Crippen molar-refractivity contribution in [2.24, 2.45) is 4.40 Å². The molecule has 1 rings (SSSR count). The zero-order chi connectivity index (χ0) is 10.6. The van der Waals surface area contributed by atoms with Gasteiger partial charge in [-0.2, -0.15) is 0 Å².